The van der Waals surface area contributed by atoms with E-state index in [2.05, 4.69) is 27.7 Å². The molecule has 1 fully saturated rings. The van der Waals surface area contributed by atoms with Gasteiger partial charge in [-0.15, -0.1) is 0 Å². The van der Waals surface area contributed by atoms with Gasteiger partial charge in [0.1, 0.15) is 5.76 Å². The van der Waals surface area contributed by atoms with Gasteiger partial charge >= 0.3 is 0 Å². The number of aryl methyl sites for hydroxylation is 2. The number of hydrogen-bond donors (Lipinski definition) is 2. The lowest BCUT2D eigenvalue weighted by Crippen LogP contribution is -2.41. The fourth-order valence-electron chi connectivity index (χ4n) is 2.24. The highest BCUT2D eigenvalue weighted by Gasteiger charge is 2.15. The molecule has 1 unspecified atom stereocenters. The molecule has 0 amide bonds. The molecular weight excluding hydrogens is 256 g/mol. The molecule has 0 saturated carbocycles. The Kier molecular flexibility index (Phi) is 5.40. The first-order valence-electron chi connectivity index (χ1n) is 7.26. The lowest BCUT2D eigenvalue weighted by atomic mass is 10.2. The summed E-state index contributed by atoms with van der Waals surface area (Å²) in [4.78, 5) is 4.58. The van der Waals surface area contributed by atoms with E-state index in [0.717, 1.165) is 55.5 Å². The third kappa shape index (κ3) is 3.96. The van der Waals surface area contributed by atoms with Crippen LogP contribution < -0.4 is 10.6 Å². The molecule has 6 heteroatoms. The van der Waals surface area contributed by atoms with Gasteiger partial charge in [0, 0.05) is 25.3 Å². The number of ether oxygens (including phenoxy) is 1. The van der Waals surface area contributed by atoms with Gasteiger partial charge in [-0.3, -0.25) is 0 Å². The summed E-state index contributed by atoms with van der Waals surface area (Å²) in [5.41, 5.74) is 1.96. The molecule has 112 valence electrons. The van der Waals surface area contributed by atoms with Crippen molar-refractivity contribution in [1.82, 2.24) is 15.8 Å². The summed E-state index contributed by atoms with van der Waals surface area (Å²) in [6, 6.07) is 0. The minimum absolute atomic E-state index is 0.304. The van der Waals surface area contributed by atoms with Gasteiger partial charge in [-0.25, -0.2) is 4.99 Å². The normalized spacial score (nSPS) is 19.4. The molecule has 1 aliphatic heterocycles. The monoisotopic (exact) mass is 280 g/mol. The molecule has 0 radical (unpaired) electrons. The van der Waals surface area contributed by atoms with Gasteiger partial charge in [0.15, 0.2) is 5.96 Å². The van der Waals surface area contributed by atoms with Crippen LogP contribution in [0.15, 0.2) is 9.52 Å². The molecule has 1 aliphatic rings. The first kappa shape index (κ1) is 14.8. The third-order valence-electron chi connectivity index (χ3n) is 3.44. The number of aromatic nitrogens is 1. The van der Waals surface area contributed by atoms with Crippen LogP contribution in [0.1, 0.15) is 36.8 Å². The van der Waals surface area contributed by atoms with Gasteiger partial charge < -0.3 is 19.9 Å². The van der Waals surface area contributed by atoms with Crippen molar-refractivity contribution >= 4 is 5.96 Å². The van der Waals surface area contributed by atoms with Crippen LogP contribution in [0, 0.1) is 13.8 Å². The SMILES string of the molecule is CCNC(=NCc1c(C)noc1C)NCC1CCCO1. The Bertz CT molecular complexity index is 431. The fraction of sp³-hybridized carbons (Fsp3) is 0.714. The molecule has 1 atom stereocenters. The predicted octanol–water partition coefficient (Wildman–Crippen LogP) is 1.53. The molecule has 0 bridgehead atoms. The Labute approximate surface area is 120 Å². The Morgan fingerprint density at radius 1 is 1.40 bits per heavy atom. The second-order valence-electron chi connectivity index (χ2n) is 5.01. The van der Waals surface area contributed by atoms with E-state index < -0.39 is 0 Å². The average Bonchev–Trinajstić information content (AvgIpc) is 3.05. The van der Waals surface area contributed by atoms with Gasteiger partial charge in [0.25, 0.3) is 0 Å². The largest absolute Gasteiger partial charge is 0.376 e. The van der Waals surface area contributed by atoms with E-state index in [9.17, 15) is 0 Å². The van der Waals surface area contributed by atoms with Crippen molar-refractivity contribution in [2.75, 3.05) is 19.7 Å². The van der Waals surface area contributed by atoms with Crippen LogP contribution in [0.2, 0.25) is 0 Å². The number of guanidine groups is 1. The average molecular weight is 280 g/mol. The summed E-state index contributed by atoms with van der Waals surface area (Å²) in [6.07, 6.45) is 2.58. The van der Waals surface area contributed by atoms with Crippen molar-refractivity contribution in [2.24, 2.45) is 4.99 Å². The van der Waals surface area contributed by atoms with E-state index in [-0.39, 0.29) is 0 Å². The molecule has 0 aromatic carbocycles. The highest BCUT2D eigenvalue weighted by Crippen LogP contribution is 2.13. The summed E-state index contributed by atoms with van der Waals surface area (Å²) < 4.78 is 10.7. The Morgan fingerprint density at radius 2 is 2.25 bits per heavy atom. The molecule has 2 rings (SSSR count). The van der Waals surface area contributed by atoms with Crippen LogP contribution in [-0.4, -0.2) is 36.9 Å². The first-order valence-corrected chi connectivity index (χ1v) is 7.26. The Hall–Kier alpha value is -1.56. The van der Waals surface area contributed by atoms with E-state index >= 15 is 0 Å². The van der Waals surface area contributed by atoms with Crippen molar-refractivity contribution in [3.05, 3.63) is 17.0 Å². The van der Waals surface area contributed by atoms with E-state index in [0.29, 0.717) is 12.6 Å². The van der Waals surface area contributed by atoms with Crippen molar-refractivity contribution in [1.29, 1.82) is 0 Å². The molecule has 0 spiro atoms. The standard InChI is InChI=1S/C14H24N4O2/c1-4-15-14(16-8-12-6-5-7-19-12)17-9-13-10(2)18-20-11(13)3/h12H,4-9H2,1-3H3,(H2,15,16,17). The zero-order chi connectivity index (χ0) is 14.4. The van der Waals surface area contributed by atoms with Crippen molar-refractivity contribution in [3.63, 3.8) is 0 Å². The maximum Gasteiger partial charge on any atom is 0.191 e. The molecule has 2 N–H and O–H groups in total. The smallest absolute Gasteiger partial charge is 0.191 e. The van der Waals surface area contributed by atoms with Gasteiger partial charge in [0.05, 0.1) is 18.3 Å². The molecule has 1 aromatic heterocycles. The second kappa shape index (κ2) is 7.28. The number of nitrogens with one attached hydrogen (secondary N) is 2. The van der Waals surface area contributed by atoms with E-state index in [1.165, 1.54) is 0 Å². The minimum Gasteiger partial charge on any atom is -0.376 e. The van der Waals surface area contributed by atoms with Crippen molar-refractivity contribution in [3.8, 4) is 0 Å². The first-order chi connectivity index (χ1) is 9.70. The maximum absolute atomic E-state index is 5.60. The Balaban J connectivity index is 1.91. The highest BCUT2D eigenvalue weighted by molar-refractivity contribution is 5.79. The summed E-state index contributed by atoms with van der Waals surface area (Å²) >= 11 is 0. The molecule has 20 heavy (non-hydrogen) atoms. The van der Waals surface area contributed by atoms with Crippen LogP contribution in [0.25, 0.3) is 0 Å². The molecule has 6 nitrogen and oxygen atoms in total. The van der Waals surface area contributed by atoms with Gasteiger partial charge in [-0.2, -0.15) is 0 Å². The number of rotatable bonds is 5. The Morgan fingerprint density at radius 3 is 2.85 bits per heavy atom. The fourth-order valence-corrected chi connectivity index (χ4v) is 2.24. The molecule has 1 saturated heterocycles. The molecule has 2 heterocycles. The van der Waals surface area contributed by atoms with Crippen molar-refractivity contribution < 1.29 is 9.26 Å². The minimum atomic E-state index is 0.304. The topological polar surface area (TPSA) is 71.7 Å². The van der Waals surface area contributed by atoms with Crippen LogP contribution in [0.4, 0.5) is 0 Å². The molecular formula is C14H24N4O2. The maximum atomic E-state index is 5.60. The van der Waals surface area contributed by atoms with E-state index in [4.69, 9.17) is 9.26 Å². The zero-order valence-electron chi connectivity index (χ0n) is 12.5. The van der Waals surface area contributed by atoms with Crippen LogP contribution >= 0.6 is 0 Å². The second-order valence-corrected chi connectivity index (χ2v) is 5.01. The van der Waals surface area contributed by atoms with Gasteiger partial charge in [-0.1, -0.05) is 5.16 Å². The summed E-state index contributed by atoms with van der Waals surface area (Å²) in [7, 11) is 0. The summed E-state index contributed by atoms with van der Waals surface area (Å²) in [5, 5.41) is 10.5. The molecule has 1 aromatic rings. The van der Waals surface area contributed by atoms with E-state index in [1.54, 1.807) is 0 Å². The summed E-state index contributed by atoms with van der Waals surface area (Å²) in [6.45, 7) is 8.98. The highest BCUT2D eigenvalue weighted by atomic mass is 16.5. The van der Waals surface area contributed by atoms with Crippen LogP contribution in [0.5, 0.6) is 0 Å². The molecule has 0 aliphatic carbocycles. The van der Waals surface area contributed by atoms with Gasteiger partial charge in [-0.05, 0) is 33.6 Å². The summed E-state index contributed by atoms with van der Waals surface area (Å²) in [5.74, 6) is 1.64. The van der Waals surface area contributed by atoms with E-state index in [1.807, 2.05) is 13.8 Å². The van der Waals surface area contributed by atoms with Crippen molar-refractivity contribution in [2.45, 2.75) is 46.3 Å². The zero-order valence-corrected chi connectivity index (χ0v) is 12.5. The predicted molar refractivity (Wildman–Crippen MR) is 77.8 cm³/mol. The van der Waals surface area contributed by atoms with Gasteiger partial charge in [0.2, 0.25) is 0 Å². The third-order valence-corrected chi connectivity index (χ3v) is 3.44. The van der Waals surface area contributed by atoms with Crippen LogP contribution in [0.3, 0.4) is 0 Å². The van der Waals surface area contributed by atoms with Crippen LogP contribution in [-0.2, 0) is 11.3 Å². The number of aliphatic imine (C=N–C) groups is 1. The number of hydrogen-bond acceptors (Lipinski definition) is 4. The number of nitrogens with zero attached hydrogens (tertiary/aromatic N) is 2. The lowest BCUT2D eigenvalue weighted by molar-refractivity contribution is 0.114. The lowest BCUT2D eigenvalue weighted by Gasteiger charge is -2.14. The quantitative estimate of drug-likeness (QED) is 0.632.